The first-order valence-corrected chi connectivity index (χ1v) is 47.5. The molecule has 5 aromatic rings. The Kier molecular flexibility index (Phi) is 32.1. The molecule has 8 heterocycles. The maximum atomic E-state index is 15.7. The van der Waals surface area contributed by atoms with Crippen molar-refractivity contribution in [1.29, 1.82) is 5.41 Å². The number of nitrogens with two attached hydrogens (primary N) is 2. The molecule has 1 saturated carbocycles. The molecule has 2 bridgehead atoms. The summed E-state index contributed by atoms with van der Waals surface area (Å²) in [5.41, 5.74) is 12.4. The van der Waals surface area contributed by atoms with Crippen molar-refractivity contribution >= 4 is 157 Å². The number of piperidine rings is 1. The predicted octanol–water partition coefficient (Wildman–Crippen LogP) is -0.530. The van der Waals surface area contributed by atoms with Crippen LogP contribution in [0.15, 0.2) is 77.6 Å². The fourth-order valence-corrected chi connectivity index (χ4v) is 23.2. The lowest BCUT2D eigenvalue weighted by molar-refractivity contribution is -0.204. The number of aromatic nitrogens is 3. The van der Waals surface area contributed by atoms with Gasteiger partial charge in [0.25, 0.3) is 17.4 Å². The minimum Gasteiger partial charge on any atom is -0.496 e. The van der Waals surface area contributed by atoms with E-state index in [-0.39, 0.29) is 80.6 Å². The third-order valence-corrected chi connectivity index (χ3v) is 30.1. The average Bonchev–Trinajstić information content (AvgIpc) is 1.47. The van der Waals surface area contributed by atoms with Gasteiger partial charge >= 0.3 is 35.9 Å². The number of aromatic amines is 2. The summed E-state index contributed by atoms with van der Waals surface area (Å²) >= 11 is 4.91. The average molecular weight is 1950 g/mol. The third kappa shape index (κ3) is 21.3. The van der Waals surface area contributed by atoms with E-state index < -0.39 is 214 Å². The second-order valence-electron chi connectivity index (χ2n) is 35.8. The number of likely N-dealkylation sites (N-methyl/N-ethyl adjacent to an activating group) is 3. The number of aliphatic hydroxyl groups is 3. The number of esters is 1. The van der Waals surface area contributed by atoms with Crippen molar-refractivity contribution < 1.29 is 112 Å². The number of guanidine groups is 1. The molecular weight excluding hydrogens is 1830 g/mol. The van der Waals surface area contributed by atoms with E-state index in [0.717, 1.165) is 38.1 Å². The molecule has 4 unspecified atom stereocenters. The number of para-hydroxylation sites is 1. The molecule has 7 aliphatic rings. The fourth-order valence-electron chi connectivity index (χ4n) is 20.8. The molecule has 17 atom stereocenters. The van der Waals surface area contributed by atoms with E-state index in [0.29, 0.717) is 98.2 Å². The summed E-state index contributed by atoms with van der Waals surface area (Å²) in [6.07, 6.45) is -1.67. The van der Waals surface area contributed by atoms with Crippen molar-refractivity contribution in [3.8, 4) is 5.75 Å². The molecule has 738 valence electrons. The number of hydrogen-bond donors (Lipinski definition) is 23. The Labute approximate surface area is 794 Å². The summed E-state index contributed by atoms with van der Waals surface area (Å²) < 4.78 is 17.8. The van der Waals surface area contributed by atoms with Gasteiger partial charge in [-0.25, -0.2) is 15.0 Å². The number of aliphatic carboxylic acids is 4. The van der Waals surface area contributed by atoms with Crippen LogP contribution in [-0.2, 0) is 79.5 Å². The molecule has 1 aliphatic carbocycles. The molecule has 48 heteroatoms. The number of methoxy groups -OCH3 is 2. The molecule has 0 radical (unpaired) electrons. The van der Waals surface area contributed by atoms with Gasteiger partial charge < -0.3 is 124 Å². The molecule has 45 nitrogen and oxygen atoms in total. The van der Waals surface area contributed by atoms with Crippen molar-refractivity contribution in [3.05, 3.63) is 111 Å². The summed E-state index contributed by atoms with van der Waals surface area (Å²) in [6, 6.07) is 5.74. The lowest BCUT2D eigenvalue weighted by atomic mass is 9.47. The first kappa shape index (κ1) is 103. The Bertz CT molecular complexity index is 5520. The van der Waals surface area contributed by atoms with E-state index in [2.05, 4.69) is 72.8 Å². The molecule has 136 heavy (non-hydrogen) atoms. The zero-order valence-corrected chi connectivity index (χ0v) is 78.9. The van der Waals surface area contributed by atoms with Gasteiger partial charge in [-0.05, 0) is 125 Å². The minimum atomic E-state index is -2.75. The van der Waals surface area contributed by atoms with Crippen molar-refractivity contribution in [1.82, 2.24) is 72.8 Å². The number of carboxylic acids is 4. The van der Waals surface area contributed by atoms with E-state index in [1.54, 1.807) is 68.2 Å². The second kappa shape index (κ2) is 42.5. The highest BCUT2D eigenvalue weighted by Crippen LogP contribution is 2.68. The number of aliphatic hydroxyl groups excluding tert-OH is 1. The summed E-state index contributed by atoms with van der Waals surface area (Å²) in [4.78, 5) is 209. The molecule has 6 aliphatic heterocycles. The zero-order valence-electron chi connectivity index (χ0n) is 76.3. The summed E-state index contributed by atoms with van der Waals surface area (Å²) in [5.74, 6) is -16.1. The smallest absolute Gasteiger partial charge is 0.426 e. The zero-order chi connectivity index (χ0) is 99.0. The number of amides is 8. The van der Waals surface area contributed by atoms with Crippen LogP contribution in [0.5, 0.6) is 5.75 Å². The predicted molar refractivity (Wildman–Crippen MR) is 503 cm³/mol. The lowest BCUT2D eigenvalue weighted by Gasteiger charge is -2.63. The number of H-pyrrole nitrogens is 2. The standard InChI is InChI=1S/C88H119N21O24S3/c1-9-83(129)38-46-39-87(79(127)132-8,66-50(24-29-108(40-46)43-83)49-15-11-12-16-53(49)96-66)52-33-51-59(37-60(52)131-7)106(5)76-86(51)26-30-109-28-14-25-84(10-2,75(86)109)77(125)88(76,130)78(126)103-104-82(128)133-31-32-135-136-41-58(74(123)124)100-72(121)57(36-64(115)116)99-71(120)56(35-63(113)114)98-69(118)54(17-13-27-92-80(89)90)97-70(119)55(34-62(111)112)95-61(110)23-18-45(3)94-68(117)47-19-21-48(22-20-47)105(4)44-85(134)42-93-67-65(107(85)6)73(122)102-81(91)101-67/h11-12,14-16,19-22,25,33,37,45-46,54-58,75-77,96,125,129-130,134H,9-10,13,17-18,23-24,26-32,34-36,38-44H2,1-8H3,(H,94,117)(H,95,110)(H,97,119)(H,98,118)(H,99,120)(H,100,121)(H,103,126)(H,104,128)(H,111,112)(H,113,114)(H,115,116)(H,123,124)(H4,89,90,92)(H4,91,93,101,102,122)/t45-,46?,54+,55+,56+,57+,58+,75-,76+,77+,83?,84+,85?,86+,87-,88-/m1/s1. The minimum absolute atomic E-state index is 0.0430. The van der Waals surface area contributed by atoms with Gasteiger partial charge in [-0.15, -0.1) is 12.6 Å². The summed E-state index contributed by atoms with van der Waals surface area (Å²) in [7, 11) is 9.80. The second-order valence-corrected chi connectivity index (χ2v) is 39.2. The SMILES string of the molecule is CCC1(O)CC2CN(CCc3c([nH]c4ccccc34)[C@](C(=O)OC)(c3cc4c(cc3OC)N(C)[C@@H]3[C@](O)(C(=O)NNC(=O)OCCSSC[C@H](NC(=O)[C@H](CC(=O)O)NC(=O)[C@H](CC(=O)O)NC(=O)[C@H](CCCNC(=N)N)NC(=O)[C@H](CC(=O)O)NC(=O)CC[C@@H](C)NC(=O)c5ccc(N(C)CC6(S)CNc7nc(N)[nH]c(=O)c7N6C)cc5)C(=O)O)[C@@H](O)[C@@]5(CC)C=CCN6CC[C@@]43[C@H]65)C2)C1. The largest absolute Gasteiger partial charge is 0.496 e. The molecule has 24 N–H and O–H groups in total. The maximum absolute atomic E-state index is 15.7. The molecule has 8 amide bonds. The number of anilines is 5. The molecule has 12 rings (SSSR count). The van der Waals surface area contributed by atoms with Crippen LogP contribution in [0.25, 0.3) is 10.9 Å². The van der Waals surface area contributed by atoms with Crippen LogP contribution in [-0.4, -0.2) is 320 Å². The van der Waals surface area contributed by atoms with Crippen LogP contribution >= 0.6 is 34.2 Å². The van der Waals surface area contributed by atoms with E-state index >= 15 is 9.59 Å². The Morgan fingerprint density at radius 1 is 0.779 bits per heavy atom. The summed E-state index contributed by atoms with van der Waals surface area (Å²) in [5, 5.41) is 107. The number of benzene rings is 3. The van der Waals surface area contributed by atoms with E-state index in [1.807, 2.05) is 66.5 Å². The lowest BCUT2D eigenvalue weighted by Crippen LogP contribution is -2.82. The number of hydrazine groups is 1. The van der Waals surface area contributed by atoms with Crippen LogP contribution in [0.4, 0.5) is 33.6 Å². The normalized spacial score (nSPS) is 25.2. The van der Waals surface area contributed by atoms with Crippen LogP contribution in [0.3, 0.4) is 0 Å². The molecule has 2 aromatic heterocycles. The number of rotatable bonds is 40. The number of fused-ring (bicyclic) bond motifs is 7. The highest BCUT2D eigenvalue weighted by Gasteiger charge is 2.79. The molecule has 3 aromatic carbocycles. The molecule has 3 fully saturated rings. The first-order chi connectivity index (χ1) is 64.4. The maximum Gasteiger partial charge on any atom is 0.426 e. The Morgan fingerprint density at radius 3 is 2.06 bits per heavy atom. The van der Waals surface area contributed by atoms with Crippen molar-refractivity contribution in [3.63, 3.8) is 0 Å². The van der Waals surface area contributed by atoms with Gasteiger partial charge in [0.05, 0.1) is 58.2 Å². The highest BCUT2D eigenvalue weighted by molar-refractivity contribution is 8.76. The highest BCUT2D eigenvalue weighted by atomic mass is 33.1. The van der Waals surface area contributed by atoms with Gasteiger partial charge in [0.1, 0.15) is 64.6 Å². The van der Waals surface area contributed by atoms with Crippen LogP contribution in [0.2, 0.25) is 0 Å². The number of nitrogens with zero attached hydrogens (tertiary/aromatic N) is 6. The Balaban J connectivity index is 0.650. The van der Waals surface area contributed by atoms with Gasteiger partial charge in [0, 0.05) is 140 Å². The van der Waals surface area contributed by atoms with Gasteiger partial charge in [0.2, 0.25) is 35.5 Å². The van der Waals surface area contributed by atoms with Crippen molar-refractivity contribution in [2.75, 3.05) is 132 Å². The van der Waals surface area contributed by atoms with Crippen molar-refractivity contribution in [2.45, 2.75) is 186 Å². The van der Waals surface area contributed by atoms with Gasteiger partial charge in [-0.1, -0.05) is 65.8 Å². The number of carbonyl (C=O) groups is 13. The van der Waals surface area contributed by atoms with Crippen LogP contribution < -0.4 is 89.8 Å². The molecular formula is C88H119N21O24S3. The summed E-state index contributed by atoms with van der Waals surface area (Å²) in [6.45, 7) is 7.99. The Morgan fingerprint density at radius 2 is 1.43 bits per heavy atom. The molecule has 2 saturated heterocycles. The monoisotopic (exact) mass is 1950 g/mol. The van der Waals surface area contributed by atoms with E-state index in [9.17, 15) is 93.3 Å². The first-order valence-electron chi connectivity index (χ1n) is 44.5. The number of ether oxygens (including phenoxy) is 3. The fraction of sp³-hybridized carbons (Fsp3) is 0.545. The van der Waals surface area contributed by atoms with E-state index in [4.69, 9.17) is 43.7 Å². The van der Waals surface area contributed by atoms with Crippen LogP contribution in [0.1, 0.15) is 131 Å². The van der Waals surface area contributed by atoms with Gasteiger partial charge in [0.15, 0.2) is 17.4 Å². The Hall–Kier alpha value is -12.4. The quantitative estimate of drug-likeness (QED) is 0.00343. The topological polar surface area (TPSA) is 665 Å². The number of carboxylic acid groups (broad SMARTS) is 4. The number of nitrogen functional groups attached to an aromatic ring is 1. The molecule has 1 spiro atoms. The van der Waals surface area contributed by atoms with Gasteiger partial charge in [-0.2, -0.15) is 4.98 Å². The van der Waals surface area contributed by atoms with E-state index in [1.165, 1.54) is 14.2 Å². The van der Waals surface area contributed by atoms with Gasteiger partial charge in [-0.3, -0.25) is 83.2 Å². The third-order valence-electron chi connectivity index (χ3n) is 27.1. The number of carbonyl (C=O) groups excluding carboxylic acids is 9. The van der Waals surface area contributed by atoms with Crippen LogP contribution in [0, 0.1) is 16.7 Å². The van der Waals surface area contributed by atoms with Crippen molar-refractivity contribution in [2.24, 2.45) is 17.1 Å². The number of thiol groups is 1. The number of nitrogens with one attached hydrogen (secondary N) is 13. The number of hydrogen-bond acceptors (Lipinski definition) is 32.